The van der Waals surface area contributed by atoms with Crippen LogP contribution in [0.2, 0.25) is 0 Å². The lowest BCUT2D eigenvalue weighted by molar-refractivity contribution is -0.384. The molecule has 1 fully saturated rings. The van der Waals surface area contributed by atoms with Gasteiger partial charge in [-0.25, -0.2) is 4.98 Å². The van der Waals surface area contributed by atoms with E-state index in [1.807, 2.05) is 0 Å². The maximum absolute atomic E-state index is 12.1. The molecule has 24 heavy (non-hydrogen) atoms. The minimum atomic E-state index is -0.443. The second-order valence-electron chi connectivity index (χ2n) is 5.35. The Kier molecular flexibility index (Phi) is 6.24. The van der Waals surface area contributed by atoms with E-state index in [1.54, 1.807) is 17.5 Å². The van der Waals surface area contributed by atoms with E-state index in [4.69, 9.17) is 0 Å². The van der Waals surface area contributed by atoms with Crippen molar-refractivity contribution in [3.63, 3.8) is 0 Å². The van der Waals surface area contributed by atoms with Crippen LogP contribution in [0.1, 0.15) is 23.3 Å². The number of nitrogens with one attached hydrogen (secondary N) is 2. The second kappa shape index (κ2) is 8.18. The third-order valence-electron chi connectivity index (χ3n) is 3.73. The average Bonchev–Trinajstić information content (AvgIpc) is 3.24. The van der Waals surface area contributed by atoms with Crippen molar-refractivity contribution in [3.05, 3.63) is 45.5 Å². The lowest BCUT2D eigenvalue weighted by Crippen LogP contribution is -2.37. The fourth-order valence-electron chi connectivity index (χ4n) is 2.47. The zero-order valence-corrected chi connectivity index (χ0v) is 14.4. The van der Waals surface area contributed by atoms with Gasteiger partial charge in [-0.2, -0.15) is 0 Å². The first-order valence-corrected chi connectivity index (χ1v) is 8.23. The first-order valence-electron chi connectivity index (χ1n) is 7.35. The van der Waals surface area contributed by atoms with Crippen molar-refractivity contribution >= 4 is 35.3 Å². The van der Waals surface area contributed by atoms with Gasteiger partial charge in [0.05, 0.1) is 4.92 Å². The Morgan fingerprint density at radius 1 is 1.42 bits per heavy atom. The number of non-ortho nitro benzene ring substituents is 1. The van der Waals surface area contributed by atoms with Crippen LogP contribution < -0.4 is 10.6 Å². The van der Waals surface area contributed by atoms with Crippen molar-refractivity contribution in [2.24, 2.45) is 0 Å². The number of nitro groups is 1. The summed E-state index contributed by atoms with van der Waals surface area (Å²) >= 11 is 1.35. The molecule has 1 aromatic carbocycles. The van der Waals surface area contributed by atoms with Crippen molar-refractivity contribution in [1.82, 2.24) is 15.6 Å². The van der Waals surface area contributed by atoms with Crippen molar-refractivity contribution in [1.29, 1.82) is 0 Å². The molecule has 2 N–H and O–H groups in total. The maximum atomic E-state index is 12.1. The fourth-order valence-corrected chi connectivity index (χ4v) is 3.28. The number of carbonyl (C=O) groups excluding carboxylic acids is 1. The number of nitrogens with zero attached hydrogens (tertiary/aromatic N) is 2. The smallest absolute Gasteiger partial charge is 0.270 e. The second-order valence-corrected chi connectivity index (χ2v) is 6.20. The number of amides is 1. The molecule has 9 heteroatoms. The highest BCUT2D eigenvalue weighted by atomic mass is 35.5. The zero-order chi connectivity index (χ0) is 16.2. The summed E-state index contributed by atoms with van der Waals surface area (Å²) in [6.45, 7) is 1.60. The molecule has 0 aliphatic carbocycles. The third kappa shape index (κ3) is 4.28. The Hall–Kier alpha value is -2.03. The van der Waals surface area contributed by atoms with E-state index in [-0.39, 0.29) is 24.0 Å². The lowest BCUT2D eigenvalue weighted by Gasteiger charge is -2.10. The summed E-state index contributed by atoms with van der Waals surface area (Å²) < 4.78 is 0. The quantitative estimate of drug-likeness (QED) is 0.624. The number of thiazole rings is 1. The van der Waals surface area contributed by atoms with Gasteiger partial charge in [0, 0.05) is 35.7 Å². The summed E-state index contributed by atoms with van der Waals surface area (Å²) in [5.74, 6) is -0.192. The average molecular weight is 369 g/mol. The molecule has 7 nitrogen and oxygen atoms in total. The molecule has 0 bridgehead atoms. The molecule has 0 spiro atoms. The predicted octanol–water partition coefficient (Wildman–Crippen LogP) is 2.62. The van der Waals surface area contributed by atoms with Gasteiger partial charge in [-0.05, 0) is 31.5 Å². The number of aromatic nitrogens is 1. The number of nitro benzene ring substituents is 1. The molecule has 1 aliphatic rings. The molecule has 1 saturated heterocycles. The van der Waals surface area contributed by atoms with Gasteiger partial charge >= 0.3 is 0 Å². The Morgan fingerprint density at radius 2 is 2.17 bits per heavy atom. The van der Waals surface area contributed by atoms with E-state index in [0.29, 0.717) is 23.3 Å². The van der Waals surface area contributed by atoms with Gasteiger partial charge in [-0.15, -0.1) is 23.7 Å². The van der Waals surface area contributed by atoms with Crippen LogP contribution >= 0.6 is 23.7 Å². The van der Waals surface area contributed by atoms with E-state index >= 15 is 0 Å². The normalized spacial score (nSPS) is 16.4. The number of benzene rings is 1. The minimum Gasteiger partial charge on any atom is -0.349 e. The van der Waals surface area contributed by atoms with Gasteiger partial charge in [-0.1, -0.05) is 0 Å². The molecule has 0 saturated carbocycles. The van der Waals surface area contributed by atoms with Crippen LogP contribution in [0.25, 0.3) is 10.6 Å². The first-order chi connectivity index (χ1) is 11.1. The molecule has 1 aromatic heterocycles. The SMILES string of the molecule is Cl.O=C(NCC1CCCN1)c1csc(-c2ccc([N+](=O)[O-])cc2)n1. The van der Waals surface area contributed by atoms with Crippen LogP contribution in [-0.2, 0) is 0 Å². The van der Waals surface area contributed by atoms with Gasteiger partial charge in [0.2, 0.25) is 0 Å². The van der Waals surface area contributed by atoms with Crippen molar-refractivity contribution in [2.45, 2.75) is 18.9 Å². The van der Waals surface area contributed by atoms with E-state index in [2.05, 4.69) is 15.6 Å². The van der Waals surface area contributed by atoms with Crippen LogP contribution in [0.4, 0.5) is 5.69 Å². The molecule has 1 aliphatic heterocycles. The lowest BCUT2D eigenvalue weighted by atomic mass is 10.2. The third-order valence-corrected chi connectivity index (χ3v) is 4.62. The summed E-state index contributed by atoms with van der Waals surface area (Å²) in [4.78, 5) is 26.6. The Balaban J connectivity index is 0.00000208. The van der Waals surface area contributed by atoms with Crippen LogP contribution in [0.15, 0.2) is 29.6 Å². The first kappa shape index (κ1) is 18.3. The van der Waals surface area contributed by atoms with Crippen LogP contribution in [-0.4, -0.2) is 34.9 Å². The van der Waals surface area contributed by atoms with Crippen molar-refractivity contribution in [2.75, 3.05) is 13.1 Å². The molecule has 2 heterocycles. The van der Waals surface area contributed by atoms with Crippen LogP contribution in [0, 0.1) is 10.1 Å². The van der Waals surface area contributed by atoms with Gasteiger partial charge < -0.3 is 10.6 Å². The molecule has 0 radical (unpaired) electrons. The topological polar surface area (TPSA) is 97.2 Å². The van der Waals surface area contributed by atoms with Crippen LogP contribution in [0.5, 0.6) is 0 Å². The van der Waals surface area contributed by atoms with Gasteiger partial charge in [0.1, 0.15) is 10.7 Å². The minimum absolute atomic E-state index is 0. The molecular weight excluding hydrogens is 352 g/mol. The molecule has 1 unspecified atom stereocenters. The fraction of sp³-hybridized carbons (Fsp3) is 0.333. The maximum Gasteiger partial charge on any atom is 0.270 e. The largest absolute Gasteiger partial charge is 0.349 e. The Morgan fingerprint density at radius 3 is 2.79 bits per heavy atom. The van der Waals surface area contributed by atoms with Crippen molar-refractivity contribution < 1.29 is 9.72 Å². The van der Waals surface area contributed by atoms with Crippen LogP contribution in [0.3, 0.4) is 0 Å². The summed E-state index contributed by atoms with van der Waals surface area (Å²) in [5, 5.41) is 19.2. The summed E-state index contributed by atoms with van der Waals surface area (Å²) in [5.41, 5.74) is 1.17. The molecule has 2 aromatic rings. The number of hydrogen-bond donors (Lipinski definition) is 2. The van der Waals surface area contributed by atoms with E-state index in [1.165, 1.54) is 23.5 Å². The monoisotopic (exact) mass is 368 g/mol. The highest BCUT2D eigenvalue weighted by molar-refractivity contribution is 7.13. The molecule has 1 atom stereocenters. The molecular formula is C15H17ClN4O3S. The summed E-state index contributed by atoms with van der Waals surface area (Å²) in [7, 11) is 0. The zero-order valence-electron chi connectivity index (χ0n) is 12.7. The highest BCUT2D eigenvalue weighted by Crippen LogP contribution is 2.25. The van der Waals surface area contributed by atoms with E-state index in [9.17, 15) is 14.9 Å². The number of rotatable bonds is 5. The van der Waals surface area contributed by atoms with Gasteiger partial charge in [0.25, 0.3) is 11.6 Å². The summed E-state index contributed by atoms with van der Waals surface area (Å²) in [6.07, 6.45) is 2.22. The van der Waals surface area contributed by atoms with E-state index < -0.39 is 4.92 Å². The Labute approximate surface area is 149 Å². The summed E-state index contributed by atoms with van der Waals surface area (Å²) in [6, 6.07) is 6.49. The van der Waals surface area contributed by atoms with E-state index in [0.717, 1.165) is 24.9 Å². The Bertz CT molecular complexity index is 714. The predicted molar refractivity (Wildman–Crippen MR) is 94.8 cm³/mol. The highest BCUT2D eigenvalue weighted by Gasteiger charge is 2.17. The molecule has 3 rings (SSSR count). The number of carbonyl (C=O) groups is 1. The molecule has 128 valence electrons. The number of halogens is 1. The molecule has 1 amide bonds. The van der Waals surface area contributed by atoms with Crippen molar-refractivity contribution in [3.8, 4) is 10.6 Å². The standard InChI is InChI=1S/C15H16N4O3S.ClH/c20-14(17-8-11-2-1-7-16-11)13-9-23-15(18-13)10-3-5-12(6-4-10)19(21)22;/h3-6,9,11,16H,1-2,7-8H2,(H,17,20);1H. The van der Waals surface area contributed by atoms with Gasteiger partial charge in [0.15, 0.2) is 0 Å². The van der Waals surface area contributed by atoms with Gasteiger partial charge in [-0.3, -0.25) is 14.9 Å². The number of hydrogen-bond acceptors (Lipinski definition) is 6.